The lowest BCUT2D eigenvalue weighted by Crippen LogP contribution is -2.38. The Kier molecular flexibility index (Phi) is 4.42. The number of fused-ring (bicyclic) bond motifs is 2. The van der Waals surface area contributed by atoms with Crippen LogP contribution in [0.4, 0.5) is 0 Å². The Bertz CT molecular complexity index is 1030. The molecule has 0 spiro atoms. The molecular weight excluding hydrogens is 346 g/mol. The highest BCUT2D eigenvalue weighted by atomic mass is 16.2. The Morgan fingerprint density at radius 3 is 2.68 bits per heavy atom. The van der Waals surface area contributed by atoms with Crippen molar-refractivity contribution in [1.82, 2.24) is 14.7 Å². The van der Waals surface area contributed by atoms with Gasteiger partial charge in [0.2, 0.25) is 0 Å². The summed E-state index contributed by atoms with van der Waals surface area (Å²) in [7, 11) is 2.04. The van der Waals surface area contributed by atoms with E-state index in [-0.39, 0.29) is 5.91 Å². The van der Waals surface area contributed by atoms with E-state index in [9.17, 15) is 4.79 Å². The maximum Gasteiger partial charge on any atom is 0.254 e. The fourth-order valence-electron chi connectivity index (χ4n) is 5.06. The van der Waals surface area contributed by atoms with E-state index in [1.807, 2.05) is 36.0 Å². The van der Waals surface area contributed by atoms with Gasteiger partial charge in [-0.2, -0.15) is 5.10 Å². The van der Waals surface area contributed by atoms with Crippen molar-refractivity contribution >= 4 is 16.7 Å². The van der Waals surface area contributed by atoms with Gasteiger partial charge in [-0.25, -0.2) is 0 Å². The highest BCUT2D eigenvalue weighted by Gasteiger charge is 2.30. The van der Waals surface area contributed by atoms with E-state index in [1.54, 1.807) is 0 Å². The van der Waals surface area contributed by atoms with Crippen molar-refractivity contribution < 1.29 is 4.79 Å². The first-order chi connectivity index (χ1) is 13.7. The second kappa shape index (κ2) is 7.08. The molecule has 4 heteroatoms. The Hall–Kier alpha value is -2.62. The molecule has 1 saturated carbocycles. The standard InChI is InChI=1S/C24H27N3O/c1-26-23-12-6-11-21(23)22(25-26)16-27(20-9-4-5-10-20)24(28)19-14-13-17-7-2-3-8-18(17)15-19/h2-3,7-8,13-15,20H,4-6,9-12,16H2,1H3. The molecule has 5 rings (SSSR count). The van der Waals surface area contributed by atoms with Crippen molar-refractivity contribution in [2.75, 3.05) is 0 Å². The Morgan fingerprint density at radius 2 is 1.86 bits per heavy atom. The Morgan fingerprint density at radius 1 is 1.07 bits per heavy atom. The number of carbonyl (C=O) groups excluding carboxylic acids is 1. The fraction of sp³-hybridized carbons (Fsp3) is 0.417. The summed E-state index contributed by atoms with van der Waals surface area (Å²) < 4.78 is 2.03. The zero-order valence-electron chi connectivity index (χ0n) is 16.5. The third-order valence-corrected chi connectivity index (χ3v) is 6.54. The van der Waals surface area contributed by atoms with Crippen molar-refractivity contribution in [1.29, 1.82) is 0 Å². The van der Waals surface area contributed by atoms with E-state index in [2.05, 4.69) is 23.1 Å². The van der Waals surface area contributed by atoms with Crippen LogP contribution < -0.4 is 0 Å². The van der Waals surface area contributed by atoms with E-state index in [0.29, 0.717) is 12.6 Å². The lowest BCUT2D eigenvalue weighted by atomic mass is 10.0. The van der Waals surface area contributed by atoms with Crippen LogP contribution in [0.1, 0.15) is 59.4 Å². The van der Waals surface area contributed by atoms with Gasteiger partial charge in [-0.05, 0) is 60.6 Å². The average molecular weight is 374 g/mol. The topological polar surface area (TPSA) is 38.1 Å². The third-order valence-electron chi connectivity index (χ3n) is 6.54. The van der Waals surface area contributed by atoms with E-state index in [4.69, 9.17) is 5.10 Å². The monoisotopic (exact) mass is 373 g/mol. The molecule has 0 radical (unpaired) electrons. The molecule has 2 aliphatic rings. The number of hydrogen-bond donors (Lipinski definition) is 0. The molecule has 1 aromatic heterocycles. The van der Waals surface area contributed by atoms with Crippen LogP contribution in [0.5, 0.6) is 0 Å². The molecular formula is C24H27N3O. The molecule has 144 valence electrons. The summed E-state index contributed by atoms with van der Waals surface area (Å²) in [5.41, 5.74) is 4.64. The maximum atomic E-state index is 13.6. The minimum absolute atomic E-state index is 0.148. The summed E-state index contributed by atoms with van der Waals surface area (Å²) in [6, 6.07) is 14.7. The van der Waals surface area contributed by atoms with E-state index < -0.39 is 0 Å². The molecule has 1 fully saturated rings. The van der Waals surface area contributed by atoms with Crippen molar-refractivity contribution in [2.45, 2.75) is 57.5 Å². The minimum atomic E-state index is 0.148. The first-order valence-corrected chi connectivity index (χ1v) is 10.5. The number of nitrogens with zero attached hydrogens (tertiary/aromatic N) is 3. The number of hydrogen-bond acceptors (Lipinski definition) is 2. The fourth-order valence-corrected chi connectivity index (χ4v) is 5.06. The van der Waals surface area contributed by atoms with Crippen LogP contribution in [-0.2, 0) is 26.4 Å². The summed E-state index contributed by atoms with van der Waals surface area (Å²) in [4.78, 5) is 15.7. The first kappa shape index (κ1) is 17.5. The van der Waals surface area contributed by atoms with E-state index in [1.165, 1.54) is 35.9 Å². The highest BCUT2D eigenvalue weighted by Crippen LogP contribution is 2.30. The van der Waals surface area contributed by atoms with Crippen molar-refractivity contribution in [3.8, 4) is 0 Å². The maximum absolute atomic E-state index is 13.6. The van der Waals surface area contributed by atoms with Gasteiger partial charge in [0, 0.05) is 24.3 Å². The number of amides is 1. The normalized spacial score (nSPS) is 16.6. The lowest BCUT2D eigenvalue weighted by molar-refractivity contribution is 0.0661. The SMILES string of the molecule is Cn1nc(CN(C(=O)c2ccc3ccccc3c2)C2CCCC2)c2c1CCC2. The molecule has 0 aliphatic heterocycles. The van der Waals surface area contributed by atoms with Crippen LogP contribution in [0, 0.1) is 0 Å². The lowest BCUT2D eigenvalue weighted by Gasteiger charge is -2.29. The van der Waals surface area contributed by atoms with Crippen LogP contribution in [0.2, 0.25) is 0 Å². The molecule has 3 aromatic rings. The van der Waals surface area contributed by atoms with Crippen LogP contribution in [0.3, 0.4) is 0 Å². The van der Waals surface area contributed by atoms with E-state index >= 15 is 0 Å². The van der Waals surface area contributed by atoms with E-state index in [0.717, 1.165) is 42.3 Å². The Balaban J connectivity index is 1.49. The van der Waals surface area contributed by atoms with Crippen LogP contribution >= 0.6 is 0 Å². The number of carbonyl (C=O) groups is 1. The first-order valence-electron chi connectivity index (χ1n) is 10.5. The summed E-state index contributed by atoms with van der Waals surface area (Å²) >= 11 is 0. The van der Waals surface area contributed by atoms with Crippen molar-refractivity contribution in [3.63, 3.8) is 0 Å². The molecule has 0 unspecified atom stereocenters. The molecule has 1 heterocycles. The predicted octanol–water partition coefficient (Wildman–Crippen LogP) is 4.65. The average Bonchev–Trinajstić information content (AvgIpc) is 3.46. The van der Waals surface area contributed by atoms with Gasteiger partial charge < -0.3 is 4.90 Å². The summed E-state index contributed by atoms with van der Waals surface area (Å²) in [6.45, 7) is 0.638. The Labute approximate surface area is 166 Å². The molecule has 28 heavy (non-hydrogen) atoms. The molecule has 2 aromatic carbocycles. The van der Waals surface area contributed by atoms with Gasteiger partial charge in [0.1, 0.15) is 0 Å². The number of aromatic nitrogens is 2. The van der Waals surface area contributed by atoms with Crippen LogP contribution in [0.15, 0.2) is 42.5 Å². The van der Waals surface area contributed by atoms with Crippen molar-refractivity contribution in [2.24, 2.45) is 7.05 Å². The van der Waals surface area contributed by atoms with Gasteiger partial charge in [0.25, 0.3) is 5.91 Å². The molecule has 0 atom stereocenters. The minimum Gasteiger partial charge on any atom is -0.330 e. The summed E-state index contributed by atoms with van der Waals surface area (Å²) in [5.74, 6) is 0.148. The van der Waals surface area contributed by atoms with Gasteiger partial charge in [0.15, 0.2) is 0 Å². The predicted molar refractivity (Wildman–Crippen MR) is 111 cm³/mol. The van der Waals surface area contributed by atoms with Gasteiger partial charge in [-0.15, -0.1) is 0 Å². The van der Waals surface area contributed by atoms with Crippen LogP contribution in [0.25, 0.3) is 10.8 Å². The van der Waals surface area contributed by atoms with Gasteiger partial charge in [-0.3, -0.25) is 9.48 Å². The molecule has 2 aliphatic carbocycles. The smallest absolute Gasteiger partial charge is 0.254 e. The van der Waals surface area contributed by atoms with Gasteiger partial charge >= 0.3 is 0 Å². The quantitative estimate of drug-likeness (QED) is 0.668. The second-order valence-electron chi connectivity index (χ2n) is 8.28. The zero-order chi connectivity index (χ0) is 19.1. The summed E-state index contributed by atoms with van der Waals surface area (Å²) in [6.07, 6.45) is 8.06. The zero-order valence-corrected chi connectivity index (χ0v) is 16.5. The second-order valence-corrected chi connectivity index (χ2v) is 8.28. The highest BCUT2D eigenvalue weighted by molar-refractivity contribution is 5.98. The molecule has 4 nitrogen and oxygen atoms in total. The number of benzene rings is 2. The molecule has 0 bridgehead atoms. The summed E-state index contributed by atoms with van der Waals surface area (Å²) in [5, 5.41) is 7.09. The van der Waals surface area contributed by atoms with Gasteiger partial charge in [0.05, 0.1) is 12.2 Å². The largest absolute Gasteiger partial charge is 0.330 e. The number of rotatable bonds is 4. The van der Waals surface area contributed by atoms with Gasteiger partial charge in [-0.1, -0.05) is 43.2 Å². The third kappa shape index (κ3) is 3.01. The van der Waals surface area contributed by atoms with Crippen LogP contribution in [-0.4, -0.2) is 26.6 Å². The molecule has 0 saturated heterocycles. The van der Waals surface area contributed by atoms with Crippen molar-refractivity contribution in [3.05, 3.63) is 65.0 Å². The molecule has 0 N–H and O–H groups in total. The number of aryl methyl sites for hydroxylation is 1. The molecule has 1 amide bonds.